The largest absolute Gasteiger partial charge is 0.326 e. The number of hydroxylamine groups is 1. The summed E-state index contributed by atoms with van der Waals surface area (Å²) in [4.78, 5) is 11.8. The monoisotopic (exact) mass is 366 g/mol. The quantitative estimate of drug-likeness (QED) is 0.315. The van der Waals surface area contributed by atoms with E-state index in [1.54, 1.807) is 16.4 Å². The summed E-state index contributed by atoms with van der Waals surface area (Å²) in [5, 5.41) is 13.1. The molecule has 9 heteroatoms. The number of hydrogen-bond donors (Lipinski definition) is 4. The van der Waals surface area contributed by atoms with Crippen molar-refractivity contribution in [1.29, 1.82) is 0 Å². The van der Waals surface area contributed by atoms with Crippen molar-refractivity contribution in [2.24, 2.45) is 11.1 Å². The van der Waals surface area contributed by atoms with Crippen molar-refractivity contribution in [2.75, 3.05) is 5.75 Å². The standard InChI is InChI=1S/C16H22N4O4S/c1-16(11-25(23)24,15(21)19-22)6-7-20-10-14(9-18-20)13-4-2-12(8-17)3-5-13/h2-5,9-10,22H,6-8,11,17H2,1H3,(H,19,21)(H,23,24). The molecule has 8 nitrogen and oxygen atoms in total. The van der Waals surface area contributed by atoms with Gasteiger partial charge in [-0.25, -0.2) is 9.69 Å². The molecule has 1 amide bonds. The van der Waals surface area contributed by atoms with Crippen LogP contribution in [0, 0.1) is 5.41 Å². The van der Waals surface area contributed by atoms with E-state index in [9.17, 15) is 9.00 Å². The molecule has 0 radical (unpaired) electrons. The Morgan fingerprint density at radius 3 is 2.60 bits per heavy atom. The highest BCUT2D eigenvalue weighted by molar-refractivity contribution is 7.79. The number of aryl methyl sites for hydroxylation is 1. The van der Waals surface area contributed by atoms with Crippen molar-refractivity contribution < 1.29 is 18.8 Å². The van der Waals surface area contributed by atoms with E-state index in [0.29, 0.717) is 13.1 Å². The topological polar surface area (TPSA) is 130 Å². The summed E-state index contributed by atoms with van der Waals surface area (Å²) in [5.41, 5.74) is 8.93. The average molecular weight is 366 g/mol. The molecule has 1 aromatic heterocycles. The highest BCUT2D eigenvalue weighted by atomic mass is 32.2. The predicted octanol–water partition coefficient (Wildman–Crippen LogP) is 1.13. The van der Waals surface area contributed by atoms with Crippen molar-refractivity contribution in [3.8, 4) is 11.1 Å². The second-order valence-electron chi connectivity index (χ2n) is 6.11. The first kappa shape index (κ1) is 19.3. The Hall–Kier alpha value is -2.07. The van der Waals surface area contributed by atoms with Crippen LogP contribution in [-0.4, -0.2) is 35.4 Å². The summed E-state index contributed by atoms with van der Waals surface area (Å²) in [6, 6.07) is 7.82. The molecule has 0 spiro atoms. The minimum atomic E-state index is -2.15. The maximum absolute atomic E-state index is 11.8. The number of carbonyl (C=O) groups excluding carboxylic acids is 1. The third-order valence-corrected chi connectivity index (χ3v) is 5.02. The highest BCUT2D eigenvalue weighted by Gasteiger charge is 2.35. The molecule has 0 bridgehead atoms. The van der Waals surface area contributed by atoms with E-state index in [-0.39, 0.29) is 12.2 Å². The summed E-state index contributed by atoms with van der Waals surface area (Å²) in [6.45, 7) is 2.38. The number of nitrogens with zero attached hydrogens (tertiary/aromatic N) is 2. The molecule has 1 aromatic carbocycles. The van der Waals surface area contributed by atoms with Gasteiger partial charge in [0.15, 0.2) is 11.1 Å². The van der Waals surface area contributed by atoms with Gasteiger partial charge < -0.3 is 10.3 Å². The Kier molecular flexibility index (Phi) is 6.43. The molecule has 1 heterocycles. The van der Waals surface area contributed by atoms with Gasteiger partial charge in [-0.05, 0) is 24.5 Å². The van der Waals surface area contributed by atoms with Crippen LogP contribution in [0.4, 0.5) is 0 Å². The zero-order valence-electron chi connectivity index (χ0n) is 13.9. The second-order valence-corrected chi connectivity index (χ2v) is 7.04. The van der Waals surface area contributed by atoms with Crippen LogP contribution in [0.25, 0.3) is 11.1 Å². The van der Waals surface area contributed by atoms with Crippen LogP contribution in [-0.2, 0) is 29.0 Å². The number of nitrogens with two attached hydrogens (primary N) is 1. The molecule has 0 fully saturated rings. The van der Waals surface area contributed by atoms with Gasteiger partial charge in [0.2, 0.25) is 5.91 Å². The van der Waals surface area contributed by atoms with E-state index in [1.807, 2.05) is 30.5 Å². The summed E-state index contributed by atoms with van der Waals surface area (Å²) in [7, 11) is 0. The number of nitrogens with one attached hydrogen (secondary N) is 1. The van der Waals surface area contributed by atoms with Gasteiger partial charge in [0, 0.05) is 24.8 Å². The molecule has 2 rings (SSSR count). The van der Waals surface area contributed by atoms with Crippen LogP contribution in [0.2, 0.25) is 0 Å². The summed E-state index contributed by atoms with van der Waals surface area (Å²) >= 11 is -2.15. The lowest BCUT2D eigenvalue weighted by Crippen LogP contribution is -2.42. The zero-order chi connectivity index (χ0) is 18.4. The van der Waals surface area contributed by atoms with Gasteiger partial charge in [0.05, 0.1) is 17.4 Å². The van der Waals surface area contributed by atoms with E-state index in [0.717, 1.165) is 16.7 Å². The maximum atomic E-state index is 11.8. The van der Waals surface area contributed by atoms with Gasteiger partial charge >= 0.3 is 0 Å². The fourth-order valence-corrected chi connectivity index (χ4v) is 3.31. The maximum Gasteiger partial charge on any atom is 0.250 e. The van der Waals surface area contributed by atoms with E-state index in [4.69, 9.17) is 15.5 Å². The zero-order valence-corrected chi connectivity index (χ0v) is 14.7. The fourth-order valence-electron chi connectivity index (χ4n) is 2.49. The molecule has 0 aliphatic heterocycles. The second kappa shape index (κ2) is 8.34. The van der Waals surface area contributed by atoms with E-state index >= 15 is 0 Å². The number of hydrogen-bond acceptors (Lipinski definition) is 5. The highest BCUT2D eigenvalue weighted by Crippen LogP contribution is 2.25. The van der Waals surface area contributed by atoms with E-state index in [1.165, 1.54) is 6.92 Å². The van der Waals surface area contributed by atoms with Crippen molar-refractivity contribution >= 4 is 17.0 Å². The summed E-state index contributed by atoms with van der Waals surface area (Å²) < 4.78 is 21.9. The van der Waals surface area contributed by atoms with Crippen LogP contribution in [0.5, 0.6) is 0 Å². The van der Waals surface area contributed by atoms with Gasteiger partial charge in [0.25, 0.3) is 0 Å². The van der Waals surface area contributed by atoms with Crippen LogP contribution in [0.3, 0.4) is 0 Å². The minimum absolute atomic E-state index is 0.249. The lowest BCUT2D eigenvalue weighted by Gasteiger charge is -2.25. The predicted molar refractivity (Wildman–Crippen MR) is 93.8 cm³/mol. The third-order valence-electron chi connectivity index (χ3n) is 4.14. The van der Waals surface area contributed by atoms with Crippen LogP contribution < -0.4 is 11.2 Å². The summed E-state index contributed by atoms with van der Waals surface area (Å²) in [6.07, 6.45) is 3.80. The molecular weight excluding hydrogens is 344 g/mol. The SMILES string of the molecule is CC(CCn1cc(-c2ccc(CN)cc2)cn1)(CS(=O)O)C(=O)NO. The normalized spacial score (nSPS) is 14.7. The number of aromatic nitrogens is 2. The van der Waals surface area contributed by atoms with Crippen molar-refractivity contribution in [3.05, 3.63) is 42.2 Å². The van der Waals surface area contributed by atoms with Crippen molar-refractivity contribution in [1.82, 2.24) is 15.3 Å². The molecule has 2 atom stereocenters. The lowest BCUT2D eigenvalue weighted by atomic mass is 9.88. The van der Waals surface area contributed by atoms with Crippen LogP contribution >= 0.6 is 0 Å². The summed E-state index contributed by atoms with van der Waals surface area (Å²) in [5.74, 6) is -0.965. The number of benzene rings is 1. The molecule has 0 aliphatic rings. The van der Waals surface area contributed by atoms with Gasteiger partial charge in [-0.2, -0.15) is 5.10 Å². The first-order valence-corrected chi connectivity index (χ1v) is 8.99. The molecule has 0 saturated heterocycles. The fraction of sp³-hybridized carbons (Fsp3) is 0.375. The van der Waals surface area contributed by atoms with Crippen molar-refractivity contribution in [2.45, 2.75) is 26.4 Å². The Labute approximate surface area is 148 Å². The Morgan fingerprint density at radius 1 is 1.36 bits per heavy atom. The molecule has 136 valence electrons. The smallest absolute Gasteiger partial charge is 0.250 e. The minimum Gasteiger partial charge on any atom is -0.326 e. The van der Waals surface area contributed by atoms with Crippen molar-refractivity contribution in [3.63, 3.8) is 0 Å². The van der Waals surface area contributed by atoms with Crippen LogP contribution in [0.1, 0.15) is 18.9 Å². The Bertz CT molecular complexity index is 747. The number of carbonyl (C=O) groups is 1. The van der Waals surface area contributed by atoms with Gasteiger partial charge in [-0.15, -0.1) is 0 Å². The first-order chi connectivity index (χ1) is 11.9. The molecule has 2 unspecified atom stereocenters. The van der Waals surface area contributed by atoms with Gasteiger partial charge in [-0.3, -0.25) is 14.7 Å². The molecule has 0 saturated carbocycles. The molecule has 5 N–H and O–H groups in total. The molecule has 0 aliphatic carbocycles. The Balaban J connectivity index is 2.08. The van der Waals surface area contributed by atoms with Gasteiger partial charge in [-0.1, -0.05) is 24.3 Å². The number of amides is 1. The van der Waals surface area contributed by atoms with E-state index < -0.39 is 22.4 Å². The van der Waals surface area contributed by atoms with Crippen LogP contribution in [0.15, 0.2) is 36.7 Å². The van der Waals surface area contributed by atoms with Gasteiger partial charge in [0.1, 0.15) is 0 Å². The Morgan fingerprint density at radius 2 is 2.04 bits per heavy atom. The molecule has 2 aromatic rings. The van der Waals surface area contributed by atoms with E-state index in [2.05, 4.69) is 5.10 Å². The molecule has 25 heavy (non-hydrogen) atoms. The number of rotatable bonds is 8. The lowest BCUT2D eigenvalue weighted by molar-refractivity contribution is -0.138. The third kappa shape index (κ3) is 4.95. The average Bonchev–Trinajstić information content (AvgIpc) is 3.08. The first-order valence-electron chi connectivity index (χ1n) is 7.72. The molecular formula is C16H22N4O4S.